The monoisotopic (exact) mass is 251 g/mol. The molecule has 92 valence electrons. The molecule has 1 aliphatic heterocycles. The molecular formula is C12H17N3OS. The number of nitrogens with zero attached hydrogens (tertiary/aromatic N) is 2. The van der Waals surface area contributed by atoms with Crippen LogP contribution in [-0.2, 0) is 6.54 Å². The minimum Gasteiger partial charge on any atom is -0.330 e. The molecule has 0 saturated carbocycles. The van der Waals surface area contributed by atoms with Crippen LogP contribution < -0.4 is 5.14 Å². The second-order valence-electron chi connectivity index (χ2n) is 4.13. The molecule has 17 heavy (non-hydrogen) atoms. The molecule has 1 saturated heterocycles. The molecule has 1 aromatic carbocycles. The van der Waals surface area contributed by atoms with Gasteiger partial charge in [0.1, 0.15) is 0 Å². The van der Waals surface area contributed by atoms with Crippen molar-refractivity contribution >= 4 is 17.2 Å². The third-order valence-corrected chi connectivity index (χ3v) is 3.44. The molecule has 0 spiro atoms. The van der Waals surface area contributed by atoms with Gasteiger partial charge in [-0.15, -0.1) is 0 Å². The van der Waals surface area contributed by atoms with E-state index in [0.717, 1.165) is 44.7 Å². The zero-order chi connectivity index (χ0) is 12.1. The fourth-order valence-electron chi connectivity index (χ4n) is 2.00. The smallest absolute Gasteiger partial charge is 0.296 e. The van der Waals surface area contributed by atoms with Gasteiger partial charge >= 0.3 is 0 Å². The summed E-state index contributed by atoms with van der Waals surface area (Å²) in [5.74, 6) is 0. The Morgan fingerprint density at radius 1 is 1.18 bits per heavy atom. The van der Waals surface area contributed by atoms with Crippen molar-refractivity contribution in [3.05, 3.63) is 35.9 Å². The van der Waals surface area contributed by atoms with Gasteiger partial charge in [0, 0.05) is 44.7 Å². The van der Waals surface area contributed by atoms with Crippen molar-refractivity contribution in [2.45, 2.75) is 6.54 Å². The number of carbonyl (C=O) groups excluding carboxylic acids is 1. The van der Waals surface area contributed by atoms with Crippen LogP contribution in [0.4, 0.5) is 4.79 Å². The van der Waals surface area contributed by atoms with Gasteiger partial charge in [0.15, 0.2) is 0 Å². The van der Waals surface area contributed by atoms with Crippen LogP contribution >= 0.6 is 11.9 Å². The van der Waals surface area contributed by atoms with E-state index in [0.29, 0.717) is 0 Å². The van der Waals surface area contributed by atoms with Gasteiger partial charge < -0.3 is 4.90 Å². The molecule has 0 unspecified atom stereocenters. The van der Waals surface area contributed by atoms with Crippen molar-refractivity contribution in [1.82, 2.24) is 9.80 Å². The van der Waals surface area contributed by atoms with Gasteiger partial charge in [-0.3, -0.25) is 14.8 Å². The molecule has 1 heterocycles. The Kier molecular flexibility index (Phi) is 4.42. The number of nitrogens with two attached hydrogens (primary N) is 1. The van der Waals surface area contributed by atoms with Gasteiger partial charge in [0.05, 0.1) is 0 Å². The predicted molar refractivity (Wildman–Crippen MR) is 70.5 cm³/mol. The summed E-state index contributed by atoms with van der Waals surface area (Å²) >= 11 is 0.805. The van der Waals surface area contributed by atoms with Gasteiger partial charge in [-0.2, -0.15) is 0 Å². The zero-order valence-electron chi connectivity index (χ0n) is 9.71. The van der Waals surface area contributed by atoms with Crippen LogP contribution in [0, 0.1) is 0 Å². The fraction of sp³-hybridized carbons (Fsp3) is 0.417. The highest BCUT2D eigenvalue weighted by molar-refractivity contribution is 8.11. The number of hydrogen-bond donors (Lipinski definition) is 1. The van der Waals surface area contributed by atoms with Crippen LogP contribution in [0.2, 0.25) is 0 Å². The molecule has 1 aliphatic rings. The average molecular weight is 251 g/mol. The number of hydrogen-bond acceptors (Lipinski definition) is 4. The summed E-state index contributed by atoms with van der Waals surface area (Å²) in [5.41, 5.74) is 1.32. The highest BCUT2D eigenvalue weighted by Gasteiger charge is 2.20. The molecule has 5 heteroatoms. The van der Waals surface area contributed by atoms with E-state index < -0.39 is 0 Å². The van der Waals surface area contributed by atoms with Crippen LogP contribution in [0.25, 0.3) is 0 Å². The van der Waals surface area contributed by atoms with Crippen molar-refractivity contribution in [2.75, 3.05) is 26.2 Å². The summed E-state index contributed by atoms with van der Waals surface area (Å²) in [5, 5.41) is 5.25. The Hall–Kier alpha value is -1.04. The normalized spacial score (nSPS) is 17.1. The van der Waals surface area contributed by atoms with Crippen molar-refractivity contribution in [3.8, 4) is 0 Å². The lowest BCUT2D eigenvalue weighted by Crippen LogP contribution is -2.47. The average Bonchev–Trinajstić information content (AvgIpc) is 2.40. The van der Waals surface area contributed by atoms with Gasteiger partial charge in [-0.1, -0.05) is 30.3 Å². The lowest BCUT2D eigenvalue weighted by atomic mass is 10.2. The Morgan fingerprint density at radius 2 is 1.82 bits per heavy atom. The van der Waals surface area contributed by atoms with Gasteiger partial charge in [-0.05, 0) is 5.56 Å². The van der Waals surface area contributed by atoms with Crippen LogP contribution in [0.15, 0.2) is 30.3 Å². The van der Waals surface area contributed by atoms with Crippen LogP contribution in [0.5, 0.6) is 0 Å². The Bertz CT molecular complexity index is 363. The molecule has 0 atom stereocenters. The van der Waals surface area contributed by atoms with Gasteiger partial charge in [-0.25, -0.2) is 0 Å². The molecular weight excluding hydrogens is 234 g/mol. The van der Waals surface area contributed by atoms with E-state index in [2.05, 4.69) is 29.2 Å². The molecule has 2 rings (SSSR count). The first-order valence-electron chi connectivity index (χ1n) is 5.71. The van der Waals surface area contributed by atoms with E-state index in [9.17, 15) is 4.79 Å². The first-order valence-corrected chi connectivity index (χ1v) is 6.59. The molecule has 0 radical (unpaired) electrons. The molecule has 0 bridgehead atoms. The molecule has 1 aromatic rings. The van der Waals surface area contributed by atoms with Crippen LogP contribution in [0.1, 0.15) is 5.56 Å². The Labute approximate surface area is 106 Å². The summed E-state index contributed by atoms with van der Waals surface area (Å²) in [6.45, 7) is 4.34. The quantitative estimate of drug-likeness (QED) is 0.810. The van der Waals surface area contributed by atoms with Gasteiger partial charge in [0.25, 0.3) is 5.24 Å². The summed E-state index contributed by atoms with van der Waals surface area (Å²) in [7, 11) is 0. The Balaban J connectivity index is 1.82. The van der Waals surface area contributed by atoms with Gasteiger partial charge in [0.2, 0.25) is 0 Å². The van der Waals surface area contributed by atoms with Crippen LogP contribution in [-0.4, -0.2) is 41.2 Å². The summed E-state index contributed by atoms with van der Waals surface area (Å²) in [6, 6.07) is 10.4. The minimum atomic E-state index is -0.0237. The first kappa shape index (κ1) is 12.4. The van der Waals surface area contributed by atoms with E-state index in [-0.39, 0.29) is 5.24 Å². The highest BCUT2D eigenvalue weighted by atomic mass is 32.2. The lowest BCUT2D eigenvalue weighted by Gasteiger charge is -2.34. The molecule has 4 nitrogen and oxygen atoms in total. The second kappa shape index (κ2) is 6.05. The third kappa shape index (κ3) is 3.46. The van der Waals surface area contributed by atoms with E-state index >= 15 is 0 Å². The SMILES string of the molecule is NSC(=O)N1CCN(Cc2ccccc2)CC1. The van der Waals surface area contributed by atoms with E-state index in [4.69, 9.17) is 5.14 Å². The number of rotatable bonds is 2. The van der Waals surface area contributed by atoms with E-state index in [1.807, 2.05) is 11.0 Å². The number of amides is 1. The summed E-state index contributed by atoms with van der Waals surface area (Å²) < 4.78 is 0. The Morgan fingerprint density at radius 3 is 2.41 bits per heavy atom. The summed E-state index contributed by atoms with van der Waals surface area (Å²) in [4.78, 5) is 15.6. The third-order valence-electron chi connectivity index (χ3n) is 2.98. The second-order valence-corrected chi connectivity index (χ2v) is 4.72. The van der Waals surface area contributed by atoms with Crippen molar-refractivity contribution in [3.63, 3.8) is 0 Å². The first-order chi connectivity index (χ1) is 8.29. The predicted octanol–water partition coefficient (Wildman–Crippen LogP) is 1.53. The fourth-order valence-corrected chi connectivity index (χ4v) is 2.34. The molecule has 2 N–H and O–H groups in total. The highest BCUT2D eigenvalue weighted by Crippen LogP contribution is 2.10. The lowest BCUT2D eigenvalue weighted by molar-refractivity contribution is 0.149. The molecule has 0 aromatic heterocycles. The largest absolute Gasteiger partial charge is 0.330 e. The molecule has 0 aliphatic carbocycles. The summed E-state index contributed by atoms with van der Waals surface area (Å²) in [6.07, 6.45) is 0. The standard InChI is InChI=1S/C12H17N3OS/c13-17-12(16)15-8-6-14(7-9-15)10-11-4-2-1-3-5-11/h1-5H,6-10,13H2. The number of benzene rings is 1. The maximum Gasteiger partial charge on any atom is 0.296 e. The maximum absolute atomic E-state index is 11.4. The number of carbonyl (C=O) groups is 1. The van der Waals surface area contributed by atoms with Crippen LogP contribution in [0.3, 0.4) is 0 Å². The van der Waals surface area contributed by atoms with E-state index in [1.54, 1.807) is 0 Å². The minimum absolute atomic E-state index is 0.0237. The molecule has 1 fully saturated rings. The molecule has 1 amide bonds. The zero-order valence-corrected chi connectivity index (χ0v) is 10.5. The van der Waals surface area contributed by atoms with Crippen molar-refractivity contribution < 1.29 is 4.79 Å². The maximum atomic E-state index is 11.4. The van der Waals surface area contributed by atoms with E-state index in [1.165, 1.54) is 5.56 Å². The number of piperazine rings is 1. The van der Waals surface area contributed by atoms with Crippen molar-refractivity contribution in [2.24, 2.45) is 5.14 Å². The van der Waals surface area contributed by atoms with Crippen molar-refractivity contribution in [1.29, 1.82) is 0 Å². The topological polar surface area (TPSA) is 49.6 Å².